The van der Waals surface area contributed by atoms with Gasteiger partial charge in [0.25, 0.3) is 5.91 Å². The normalized spacial score (nSPS) is 10.2. The number of benzene rings is 3. The smallest absolute Gasteiger partial charge is 0.349 e. The molecule has 142 valence electrons. The average molecular weight is 375 g/mol. The molecule has 0 radical (unpaired) electrons. The molecule has 5 heteroatoms. The van der Waals surface area contributed by atoms with E-state index in [1.807, 2.05) is 50.2 Å². The molecule has 0 heterocycles. The monoisotopic (exact) mass is 375 g/mol. The van der Waals surface area contributed by atoms with E-state index < -0.39 is 5.97 Å². The summed E-state index contributed by atoms with van der Waals surface area (Å²) in [5, 5.41) is 2.81. The minimum atomic E-state index is -0.502. The van der Waals surface area contributed by atoms with Crippen LogP contribution in [0.1, 0.15) is 21.5 Å². The third kappa shape index (κ3) is 5.45. The second kappa shape index (κ2) is 8.86. The Kier molecular flexibility index (Phi) is 6.07. The van der Waals surface area contributed by atoms with Crippen molar-refractivity contribution in [2.24, 2.45) is 0 Å². The topological polar surface area (TPSA) is 64.6 Å². The lowest BCUT2D eigenvalue weighted by Gasteiger charge is -2.09. The highest BCUT2D eigenvalue weighted by Crippen LogP contribution is 2.18. The Morgan fingerprint density at radius 1 is 0.821 bits per heavy atom. The number of nitrogens with one attached hydrogen (secondary N) is 1. The lowest BCUT2D eigenvalue weighted by molar-refractivity contribution is -0.136. The van der Waals surface area contributed by atoms with E-state index in [1.165, 1.54) is 0 Å². The van der Waals surface area contributed by atoms with E-state index in [1.54, 1.807) is 36.4 Å². The van der Waals surface area contributed by atoms with Gasteiger partial charge in [0, 0.05) is 11.3 Å². The van der Waals surface area contributed by atoms with Crippen LogP contribution in [-0.2, 0) is 4.79 Å². The molecule has 0 saturated carbocycles. The minimum Gasteiger partial charge on any atom is -0.482 e. The largest absolute Gasteiger partial charge is 0.482 e. The van der Waals surface area contributed by atoms with E-state index in [0.29, 0.717) is 22.7 Å². The van der Waals surface area contributed by atoms with Gasteiger partial charge < -0.3 is 14.8 Å². The maximum absolute atomic E-state index is 12.3. The molecule has 0 aliphatic heterocycles. The highest BCUT2D eigenvalue weighted by atomic mass is 16.6. The first kappa shape index (κ1) is 19.2. The maximum Gasteiger partial charge on any atom is 0.349 e. The number of hydrogen-bond donors (Lipinski definition) is 1. The van der Waals surface area contributed by atoms with Crippen LogP contribution in [0.5, 0.6) is 11.5 Å². The molecule has 0 atom stereocenters. The number of carbonyl (C=O) groups excluding carboxylic acids is 2. The molecule has 28 heavy (non-hydrogen) atoms. The molecule has 0 fully saturated rings. The number of anilines is 1. The predicted molar refractivity (Wildman–Crippen MR) is 108 cm³/mol. The Morgan fingerprint density at radius 2 is 1.50 bits per heavy atom. The lowest BCUT2D eigenvalue weighted by Crippen LogP contribution is -2.17. The van der Waals surface area contributed by atoms with Gasteiger partial charge in [-0.1, -0.05) is 29.8 Å². The van der Waals surface area contributed by atoms with Crippen molar-refractivity contribution >= 4 is 17.6 Å². The summed E-state index contributed by atoms with van der Waals surface area (Å²) >= 11 is 0. The number of amides is 1. The van der Waals surface area contributed by atoms with E-state index >= 15 is 0 Å². The third-order valence-electron chi connectivity index (χ3n) is 3.97. The van der Waals surface area contributed by atoms with Crippen LogP contribution >= 0.6 is 0 Å². The van der Waals surface area contributed by atoms with Gasteiger partial charge in [0.1, 0.15) is 11.5 Å². The van der Waals surface area contributed by atoms with E-state index in [-0.39, 0.29) is 12.5 Å². The predicted octanol–water partition coefficient (Wildman–Crippen LogP) is 4.54. The number of carbonyl (C=O) groups is 2. The van der Waals surface area contributed by atoms with Crippen LogP contribution in [0.25, 0.3) is 0 Å². The Labute approximate surface area is 163 Å². The first-order chi connectivity index (χ1) is 13.5. The Hall–Kier alpha value is -3.60. The van der Waals surface area contributed by atoms with E-state index in [4.69, 9.17) is 9.47 Å². The summed E-state index contributed by atoms with van der Waals surface area (Å²) in [5.74, 6) is 0.301. The summed E-state index contributed by atoms with van der Waals surface area (Å²) in [5.41, 5.74) is 3.27. The molecule has 0 aromatic heterocycles. The number of aryl methyl sites for hydroxylation is 2. The molecule has 3 rings (SSSR count). The van der Waals surface area contributed by atoms with Crippen LogP contribution in [0.4, 0.5) is 5.69 Å². The van der Waals surface area contributed by atoms with Gasteiger partial charge in [-0.2, -0.15) is 0 Å². The minimum absolute atomic E-state index is 0.185. The highest BCUT2D eigenvalue weighted by molar-refractivity contribution is 6.04. The van der Waals surface area contributed by atoms with Crippen LogP contribution in [0, 0.1) is 13.8 Å². The van der Waals surface area contributed by atoms with Crippen molar-refractivity contribution in [2.45, 2.75) is 13.8 Å². The molecule has 0 bridgehead atoms. The molecule has 3 aromatic carbocycles. The Balaban J connectivity index is 1.52. The molecule has 1 amide bonds. The molecule has 0 aliphatic carbocycles. The van der Waals surface area contributed by atoms with Gasteiger partial charge >= 0.3 is 5.97 Å². The summed E-state index contributed by atoms with van der Waals surface area (Å²) in [4.78, 5) is 24.2. The van der Waals surface area contributed by atoms with Crippen molar-refractivity contribution in [2.75, 3.05) is 11.9 Å². The molecule has 3 aromatic rings. The van der Waals surface area contributed by atoms with Crippen LogP contribution in [-0.4, -0.2) is 18.5 Å². The third-order valence-corrected chi connectivity index (χ3v) is 3.97. The molecular formula is C23H21NO4. The highest BCUT2D eigenvalue weighted by Gasteiger charge is 2.09. The molecular weight excluding hydrogens is 354 g/mol. The maximum atomic E-state index is 12.3. The average Bonchev–Trinajstić information content (AvgIpc) is 2.68. The fourth-order valence-electron chi connectivity index (χ4n) is 2.60. The first-order valence-electron chi connectivity index (χ1n) is 8.88. The van der Waals surface area contributed by atoms with Gasteiger partial charge in [0.15, 0.2) is 6.61 Å². The van der Waals surface area contributed by atoms with Gasteiger partial charge in [-0.05, 0) is 67.9 Å². The van der Waals surface area contributed by atoms with Crippen LogP contribution in [0.15, 0.2) is 72.8 Å². The van der Waals surface area contributed by atoms with E-state index in [0.717, 1.165) is 11.1 Å². The standard InChI is InChI=1S/C23H21NO4/c1-16-5-3-7-18(13-16)23(26)24-19-9-11-20(12-10-19)28-22(25)15-27-21-8-4-6-17(2)14-21/h3-14H,15H2,1-2H3,(H,24,26). The van der Waals surface area contributed by atoms with Crippen molar-refractivity contribution in [3.05, 3.63) is 89.5 Å². The van der Waals surface area contributed by atoms with Crippen molar-refractivity contribution in [1.29, 1.82) is 0 Å². The quantitative estimate of drug-likeness (QED) is 0.507. The van der Waals surface area contributed by atoms with Gasteiger partial charge in [-0.15, -0.1) is 0 Å². The Morgan fingerprint density at radius 3 is 2.18 bits per heavy atom. The van der Waals surface area contributed by atoms with Crippen LogP contribution < -0.4 is 14.8 Å². The summed E-state index contributed by atoms with van der Waals surface area (Å²) < 4.78 is 10.7. The number of hydrogen-bond acceptors (Lipinski definition) is 4. The number of ether oxygens (including phenoxy) is 2. The molecule has 0 unspecified atom stereocenters. The van der Waals surface area contributed by atoms with Crippen molar-refractivity contribution in [3.8, 4) is 11.5 Å². The lowest BCUT2D eigenvalue weighted by atomic mass is 10.1. The second-order valence-electron chi connectivity index (χ2n) is 6.43. The first-order valence-corrected chi connectivity index (χ1v) is 8.88. The zero-order chi connectivity index (χ0) is 19.9. The summed E-state index contributed by atoms with van der Waals surface area (Å²) in [7, 11) is 0. The zero-order valence-corrected chi connectivity index (χ0v) is 15.8. The number of esters is 1. The zero-order valence-electron chi connectivity index (χ0n) is 15.8. The van der Waals surface area contributed by atoms with Gasteiger partial charge in [-0.3, -0.25) is 4.79 Å². The van der Waals surface area contributed by atoms with Gasteiger partial charge in [0.05, 0.1) is 0 Å². The van der Waals surface area contributed by atoms with Crippen molar-refractivity contribution < 1.29 is 19.1 Å². The summed E-state index contributed by atoms with van der Waals surface area (Å²) in [6, 6.07) is 21.4. The SMILES string of the molecule is Cc1cccc(OCC(=O)Oc2ccc(NC(=O)c3cccc(C)c3)cc2)c1. The number of rotatable bonds is 6. The van der Waals surface area contributed by atoms with Gasteiger partial charge in [0.2, 0.25) is 0 Å². The molecule has 0 aliphatic rings. The molecule has 1 N–H and O–H groups in total. The van der Waals surface area contributed by atoms with Crippen LogP contribution in [0.2, 0.25) is 0 Å². The van der Waals surface area contributed by atoms with Crippen LogP contribution in [0.3, 0.4) is 0 Å². The Bertz CT molecular complexity index is 980. The van der Waals surface area contributed by atoms with Crippen molar-refractivity contribution in [1.82, 2.24) is 0 Å². The van der Waals surface area contributed by atoms with E-state index in [9.17, 15) is 9.59 Å². The fourth-order valence-corrected chi connectivity index (χ4v) is 2.60. The summed E-state index contributed by atoms with van der Waals surface area (Å²) in [6.45, 7) is 3.70. The molecule has 0 spiro atoms. The fraction of sp³-hybridized carbons (Fsp3) is 0.130. The van der Waals surface area contributed by atoms with E-state index in [2.05, 4.69) is 5.32 Å². The summed E-state index contributed by atoms with van der Waals surface area (Å²) in [6.07, 6.45) is 0. The van der Waals surface area contributed by atoms with Gasteiger partial charge in [-0.25, -0.2) is 4.79 Å². The molecule has 0 saturated heterocycles. The second-order valence-corrected chi connectivity index (χ2v) is 6.43. The molecule has 5 nitrogen and oxygen atoms in total. The van der Waals surface area contributed by atoms with Crippen molar-refractivity contribution in [3.63, 3.8) is 0 Å².